The first-order chi connectivity index (χ1) is 7.13. The summed E-state index contributed by atoms with van der Waals surface area (Å²) < 4.78 is 0. The van der Waals surface area contributed by atoms with E-state index in [9.17, 15) is 9.90 Å². The highest BCUT2D eigenvalue weighted by atomic mass is 16.3. The predicted octanol–water partition coefficient (Wildman–Crippen LogP) is 0.883. The second-order valence-corrected chi connectivity index (χ2v) is 5.81. The predicted molar refractivity (Wildman–Crippen MR) is 65.9 cm³/mol. The largest absolute Gasteiger partial charge is 0.391 e. The van der Waals surface area contributed by atoms with Crippen molar-refractivity contribution in [2.75, 3.05) is 6.54 Å². The summed E-state index contributed by atoms with van der Waals surface area (Å²) in [4.78, 5) is 11.6. The van der Waals surface area contributed by atoms with Gasteiger partial charge in [-0.1, -0.05) is 27.7 Å². The monoisotopic (exact) mass is 230 g/mol. The van der Waals surface area contributed by atoms with Gasteiger partial charge in [-0.2, -0.15) is 0 Å². The van der Waals surface area contributed by atoms with Crippen LogP contribution in [0.4, 0.5) is 0 Å². The minimum atomic E-state index is -0.496. The Kier molecular flexibility index (Phi) is 5.97. The van der Waals surface area contributed by atoms with Crippen molar-refractivity contribution in [3.05, 3.63) is 0 Å². The molecule has 0 aliphatic rings. The van der Waals surface area contributed by atoms with Crippen LogP contribution in [-0.4, -0.2) is 29.7 Å². The van der Waals surface area contributed by atoms with E-state index in [2.05, 4.69) is 26.1 Å². The number of carbonyl (C=O) groups excluding carboxylic acids is 1. The smallest absolute Gasteiger partial charge is 0.224 e. The molecule has 0 rings (SSSR count). The average molecular weight is 230 g/mol. The molecule has 0 spiro atoms. The van der Waals surface area contributed by atoms with Crippen LogP contribution in [0.2, 0.25) is 0 Å². The lowest BCUT2D eigenvalue weighted by atomic mass is 9.89. The Morgan fingerprint density at radius 2 is 1.88 bits per heavy atom. The molecule has 0 aliphatic heterocycles. The van der Waals surface area contributed by atoms with Crippen molar-refractivity contribution in [1.29, 1.82) is 0 Å². The van der Waals surface area contributed by atoms with E-state index in [1.165, 1.54) is 0 Å². The lowest BCUT2D eigenvalue weighted by Gasteiger charge is -2.23. The minimum absolute atomic E-state index is 0.0664. The molecule has 0 aliphatic carbocycles. The SMILES string of the molecule is CC(N)C(C)C(=O)NCC(O)CC(C)(C)C. The van der Waals surface area contributed by atoms with Crippen LogP contribution in [0.25, 0.3) is 0 Å². The maximum atomic E-state index is 11.6. The Morgan fingerprint density at radius 1 is 1.38 bits per heavy atom. The number of nitrogens with one attached hydrogen (secondary N) is 1. The van der Waals surface area contributed by atoms with Gasteiger partial charge in [0.2, 0.25) is 5.91 Å². The van der Waals surface area contributed by atoms with Crippen LogP contribution in [0.1, 0.15) is 41.0 Å². The number of rotatable bonds is 5. The van der Waals surface area contributed by atoms with Crippen LogP contribution in [0.15, 0.2) is 0 Å². The van der Waals surface area contributed by atoms with Crippen molar-refractivity contribution >= 4 is 5.91 Å². The Labute approximate surface area is 98.6 Å². The van der Waals surface area contributed by atoms with Gasteiger partial charge in [-0.25, -0.2) is 0 Å². The first-order valence-electron chi connectivity index (χ1n) is 5.85. The standard InChI is InChI=1S/C12H26N2O2/c1-8(9(2)13)11(16)14-7-10(15)6-12(3,4)5/h8-10,15H,6-7,13H2,1-5H3,(H,14,16). The van der Waals surface area contributed by atoms with Gasteiger partial charge < -0.3 is 16.2 Å². The molecule has 4 nitrogen and oxygen atoms in total. The molecule has 1 amide bonds. The van der Waals surface area contributed by atoms with E-state index in [0.29, 0.717) is 13.0 Å². The van der Waals surface area contributed by atoms with Gasteiger partial charge in [0.15, 0.2) is 0 Å². The van der Waals surface area contributed by atoms with Gasteiger partial charge in [-0.15, -0.1) is 0 Å². The summed E-state index contributed by atoms with van der Waals surface area (Å²) in [6.07, 6.45) is 0.170. The zero-order valence-corrected chi connectivity index (χ0v) is 11.1. The van der Waals surface area contributed by atoms with Crippen LogP contribution in [0.3, 0.4) is 0 Å². The highest BCUT2D eigenvalue weighted by Gasteiger charge is 2.20. The number of hydrogen-bond donors (Lipinski definition) is 3. The Morgan fingerprint density at radius 3 is 2.25 bits per heavy atom. The van der Waals surface area contributed by atoms with E-state index in [1.807, 2.05) is 0 Å². The lowest BCUT2D eigenvalue weighted by molar-refractivity contribution is -0.125. The van der Waals surface area contributed by atoms with E-state index < -0.39 is 6.10 Å². The third-order valence-corrected chi connectivity index (χ3v) is 2.56. The van der Waals surface area contributed by atoms with Crippen molar-refractivity contribution in [2.24, 2.45) is 17.1 Å². The van der Waals surface area contributed by atoms with Crippen LogP contribution >= 0.6 is 0 Å². The third kappa shape index (κ3) is 6.80. The zero-order valence-electron chi connectivity index (χ0n) is 11.1. The fourth-order valence-corrected chi connectivity index (χ4v) is 1.40. The zero-order chi connectivity index (χ0) is 12.9. The molecular formula is C12H26N2O2. The van der Waals surface area contributed by atoms with E-state index >= 15 is 0 Å². The molecule has 0 radical (unpaired) electrons. The Hall–Kier alpha value is -0.610. The van der Waals surface area contributed by atoms with Gasteiger partial charge >= 0.3 is 0 Å². The second kappa shape index (κ2) is 6.21. The van der Waals surface area contributed by atoms with Gasteiger partial charge in [0.1, 0.15) is 0 Å². The molecule has 0 heterocycles. The van der Waals surface area contributed by atoms with Crippen LogP contribution in [0.5, 0.6) is 0 Å². The van der Waals surface area contributed by atoms with E-state index in [-0.39, 0.29) is 23.3 Å². The molecule has 3 atom stereocenters. The van der Waals surface area contributed by atoms with Gasteiger partial charge in [-0.05, 0) is 18.8 Å². The van der Waals surface area contributed by atoms with Gasteiger partial charge in [0, 0.05) is 18.5 Å². The molecule has 0 bridgehead atoms. The quantitative estimate of drug-likeness (QED) is 0.656. The molecule has 0 aromatic carbocycles. The van der Waals surface area contributed by atoms with Crippen molar-refractivity contribution in [3.63, 3.8) is 0 Å². The van der Waals surface area contributed by atoms with Crippen molar-refractivity contribution < 1.29 is 9.90 Å². The summed E-state index contributed by atoms with van der Waals surface area (Å²) in [5.41, 5.74) is 5.69. The van der Waals surface area contributed by atoms with Crippen LogP contribution in [0, 0.1) is 11.3 Å². The highest BCUT2D eigenvalue weighted by molar-refractivity contribution is 5.78. The van der Waals surface area contributed by atoms with Gasteiger partial charge in [0.05, 0.1) is 6.10 Å². The third-order valence-electron chi connectivity index (χ3n) is 2.56. The minimum Gasteiger partial charge on any atom is -0.391 e. The summed E-state index contributed by atoms with van der Waals surface area (Å²) in [5, 5.41) is 12.4. The number of nitrogens with two attached hydrogens (primary N) is 1. The van der Waals surface area contributed by atoms with Crippen LogP contribution < -0.4 is 11.1 Å². The number of amides is 1. The number of aliphatic hydroxyl groups excluding tert-OH is 1. The first-order valence-corrected chi connectivity index (χ1v) is 5.85. The number of aliphatic hydroxyl groups is 1. The summed E-state index contributed by atoms with van der Waals surface area (Å²) in [5.74, 6) is -0.315. The molecule has 4 heteroatoms. The molecule has 96 valence electrons. The Balaban J connectivity index is 3.93. The first kappa shape index (κ1) is 15.4. The molecular weight excluding hydrogens is 204 g/mol. The van der Waals surface area contributed by atoms with Crippen molar-refractivity contribution in [1.82, 2.24) is 5.32 Å². The van der Waals surface area contributed by atoms with Gasteiger partial charge in [0.25, 0.3) is 0 Å². The number of carbonyl (C=O) groups is 1. The average Bonchev–Trinajstić information content (AvgIpc) is 2.09. The summed E-state index contributed by atoms with van der Waals surface area (Å²) in [6, 6.07) is -0.167. The molecule has 0 fully saturated rings. The normalized spacial score (nSPS) is 17.7. The maximum Gasteiger partial charge on any atom is 0.224 e. The van der Waals surface area contributed by atoms with Gasteiger partial charge in [-0.3, -0.25) is 4.79 Å². The van der Waals surface area contributed by atoms with E-state index in [0.717, 1.165) is 0 Å². The maximum absolute atomic E-state index is 11.6. The molecule has 3 unspecified atom stereocenters. The lowest BCUT2D eigenvalue weighted by Crippen LogP contribution is -2.42. The highest BCUT2D eigenvalue weighted by Crippen LogP contribution is 2.20. The molecule has 0 aromatic heterocycles. The molecule has 0 saturated carbocycles. The second-order valence-electron chi connectivity index (χ2n) is 5.81. The van der Waals surface area contributed by atoms with E-state index in [1.54, 1.807) is 13.8 Å². The molecule has 4 N–H and O–H groups in total. The van der Waals surface area contributed by atoms with E-state index in [4.69, 9.17) is 5.73 Å². The number of hydrogen-bond acceptors (Lipinski definition) is 3. The Bertz CT molecular complexity index is 222. The topological polar surface area (TPSA) is 75.4 Å². The summed E-state index contributed by atoms with van der Waals surface area (Å²) in [6.45, 7) is 10.1. The summed E-state index contributed by atoms with van der Waals surface area (Å²) in [7, 11) is 0. The van der Waals surface area contributed by atoms with Crippen LogP contribution in [-0.2, 0) is 4.79 Å². The molecule has 0 saturated heterocycles. The fourth-order valence-electron chi connectivity index (χ4n) is 1.40. The fraction of sp³-hybridized carbons (Fsp3) is 0.917. The molecule has 0 aromatic rings. The summed E-state index contributed by atoms with van der Waals surface area (Å²) >= 11 is 0. The van der Waals surface area contributed by atoms with Crippen molar-refractivity contribution in [2.45, 2.75) is 53.2 Å². The molecule has 16 heavy (non-hydrogen) atoms. The van der Waals surface area contributed by atoms with Crippen molar-refractivity contribution in [3.8, 4) is 0 Å².